The van der Waals surface area contributed by atoms with Crippen LogP contribution in [0.25, 0.3) is 0 Å². The lowest BCUT2D eigenvalue weighted by Crippen LogP contribution is -2.18. The maximum atomic E-state index is 13.1. The SMILES string of the molecule is COc1c(C)c(C)cc(C2=N[C@@H](C)CO2)c1NS(=O)(=O)c1cc(C)cc(Cl)c1. The first-order valence-corrected chi connectivity index (χ1v) is 10.7. The van der Waals surface area contributed by atoms with E-state index in [4.69, 9.17) is 21.1 Å². The molecule has 0 saturated heterocycles. The number of halogens is 1. The number of aliphatic imine (C=N–C) groups is 1. The second-order valence-electron chi connectivity index (χ2n) is 6.94. The molecule has 3 rings (SSSR count). The molecule has 1 aliphatic rings. The number of sulfonamides is 1. The van der Waals surface area contributed by atoms with Crippen LogP contribution in [0.2, 0.25) is 5.02 Å². The fraction of sp³-hybridized carbons (Fsp3) is 0.350. The van der Waals surface area contributed by atoms with Gasteiger partial charge in [0.15, 0.2) is 0 Å². The molecule has 0 unspecified atom stereocenters. The fourth-order valence-electron chi connectivity index (χ4n) is 3.08. The van der Waals surface area contributed by atoms with Crippen molar-refractivity contribution >= 4 is 33.2 Å². The van der Waals surface area contributed by atoms with E-state index in [0.717, 1.165) is 16.7 Å². The number of hydrogen-bond acceptors (Lipinski definition) is 5. The van der Waals surface area contributed by atoms with E-state index in [1.165, 1.54) is 13.2 Å². The van der Waals surface area contributed by atoms with Gasteiger partial charge in [-0.15, -0.1) is 0 Å². The number of anilines is 1. The minimum atomic E-state index is -3.91. The molecule has 1 N–H and O–H groups in total. The van der Waals surface area contributed by atoms with E-state index in [-0.39, 0.29) is 10.9 Å². The predicted molar refractivity (Wildman–Crippen MR) is 111 cm³/mol. The van der Waals surface area contributed by atoms with Gasteiger partial charge in [-0.05, 0) is 68.7 Å². The number of rotatable bonds is 5. The molecular formula is C20H23ClN2O4S. The average Bonchev–Trinajstić information content (AvgIpc) is 3.03. The van der Waals surface area contributed by atoms with Crippen LogP contribution in [0.1, 0.15) is 29.2 Å². The zero-order valence-electron chi connectivity index (χ0n) is 16.5. The molecule has 1 atom stereocenters. The Hall–Kier alpha value is -2.25. The summed E-state index contributed by atoms with van der Waals surface area (Å²) in [5.74, 6) is 0.831. The molecule has 0 amide bonds. The van der Waals surface area contributed by atoms with E-state index in [1.54, 1.807) is 19.1 Å². The number of ether oxygens (including phenoxy) is 2. The Morgan fingerprint density at radius 3 is 2.50 bits per heavy atom. The largest absolute Gasteiger partial charge is 0.494 e. The van der Waals surface area contributed by atoms with Crippen molar-refractivity contribution in [2.75, 3.05) is 18.4 Å². The van der Waals surface area contributed by atoms with Crippen molar-refractivity contribution in [2.45, 2.75) is 38.6 Å². The third-order valence-electron chi connectivity index (χ3n) is 4.59. The highest BCUT2D eigenvalue weighted by Gasteiger charge is 2.27. The Morgan fingerprint density at radius 2 is 1.93 bits per heavy atom. The first-order chi connectivity index (χ1) is 13.1. The molecule has 2 aromatic rings. The van der Waals surface area contributed by atoms with Crippen molar-refractivity contribution < 1.29 is 17.9 Å². The van der Waals surface area contributed by atoms with E-state index in [0.29, 0.717) is 34.5 Å². The molecule has 28 heavy (non-hydrogen) atoms. The molecule has 0 bridgehead atoms. The smallest absolute Gasteiger partial charge is 0.262 e. The summed E-state index contributed by atoms with van der Waals surface area (Å²) in [6.07, 6.45) is 0. The molecular weight excluding hydrogens is 400 g/mol. The lowest BCUT2D eigenvalue weighted by Gasteiger charge is -2.19. The molecule has 2 aromatic carbocycles. The van der Waals surface area contributed by atoms with Crippen molar-refractivity contribution in [1.29, 1.82) is 0 Å². The van der Waals surface area contributed by atoms with Gasteiger partial charge in [0, 0.05) is 5.02 Å². The highest BCUT2D eigenvalue weighted by atomic mass is 35.5. The van der Waals surface area contributed by atoms with Crippen molar-refractivity contribution in [3.05, 3.63) is 51.5 Å². The van der Waals surface area contributed by atoms with Crippen molar-refractivity contribution in [3.8, 4) is 5.75 Å². The summed E-state index contributed by atoms with van der Waals surface area (Å²) in [6.45, 7) is 7.97. The van der Waals surface area contributed by atoms with E-state index in [9.17, 15) is 8.42 Å². The average molecular weight is 423 g/mol. The van der Waals surface area contributed by atoms with Crippen molar-refractivity contribution in [3.63, 3.8) is 0 Å². The topological polar surface area (TPSA) is 77.0 Å². The normalized spacial score (nSPS) is 16.5. The Balaban J connectivity index is 2.17. The van der Waals surface area contributed by atoms with Crippen LogP contribution in [0.5, 0.6) is 5.75 Å². The summed E-state index contributed by atoms with van der Waals surface area (Å²) in [4.78, 5) is 4.55. The van der Waals surface area contributed by atoms with Gasteiger partial charge in [0.2, 0.25) is 5.90 Å². The third-order valence-corrected chi connectivity index (χ3v) is 6.13. The molecule has 0 aromatic heterocycles. The lowest BCUT2D eigenvalue weighted by atomic mass is 10.0. The number of methoxy groups -OCH3 is 1. The zero-order valence-corrected chi connectivity index (χ0v) is 18.0. The second kappa shape index (κ2) is 7.64. The molecule has 1 aliphatic heterocycles. The van der Waals surface area contributed by atoms with Crippen LogP contribution < -0.4 is 9.46 Å². The van der Waals surface area contributed by atoms with Crippen molar-refractivity contribution in [1.82, 2.24) is 0 Å². The van der Waals surface area contributed by atoms with Crippen LogP contribution in [0.3, 0.4) is 0 Å². The number of nitrogens with zero attached hydrogens (tertiary/aromatic N) is 1. The number of nitrogens with one attached hydrogen (secondary N) is 1. The lowest BCUT2D eigenvalue weighted by molar-refractivity contribution is 0.324. The maximum Gasteiger partial charge on any atom is 0.262 e. The highest BCUT2D eigenvalue weighted by Crippen LogP contribution is 2.37. The first-order valence-electron chi connectivity index (χ1n) is 8.81. The van der Waals surface area contributed by atoms with Crippen molar-refractivity contribution in [2.24, 2.45) is 4.99 Å². The van der Waals surface area contributed by atoms with Gasteiger partial charge in [-0.1, -0.05) is 11.6 Å². The predicted octanol–water partition coefficient (Wildman–Crippen LogP) is 4.24. The van der Waals surface area contributed by atoms with Gasteiger partial charge in [0.25, 0.3) is 10.0 Å². The molecule has 0 radical (unpaired) electrons. The van der Waals surface area contributed by atoms with Gasteiger partial charge in [-0.3, -0.25) is 4.72 Å². The van der Waals surface area contributed by atoms with Crippen LogP contribution in [-0.2, 0) is 14.8 Å². The molecule has 0 aliphatic carbocycles. The summed E-state index contributed by atoms with van der Waals surface area (Å²) < 4.78 is 40.1. The fourth-order valence-corrected chi connectivity index (χ4v) is 4.65. The summed E-state index contributed by atoms with van der Waals surface area (Å²) in [7, 11) is -2.40. The highest BCUT2D eigenvalue weighted by molar-refractivity contribution is 7.92. The molecule has 8 heteroatoms. The van der Waals surface area contributed by atoms with Gasteiger partial charge in [-0.2, -0.15) is 0 Å². The van der Waals surface area contributed by atoms with Gasteiger partial charge in [0.1, 0.15) is 18.0 Å². The van der Waals surface area contributed by atoms with Gasteiger partial charge in [-0.25, -0.2) is 13.4 Å². The van der Waals surface area contributed by atoms with E-state index < -0.39 is 10.0 Å². The molecule has 0 spiro atoms. The first kappa shape index (κ1) is 20.5. The maximum absolute atomic E-state index is 13.1. The Labute approximate surface area is 170 Å². The van der Waals surface area contributed by atoms with Crippen LogP contribution >= 0.6 is 11.6 Å². The van der Waals surface area contributed by atoms with Crippen LogP contribution in [0.4, 0.5) is 5.69 Å². The summed E-state index contributed by atoms with van der Waals surface area (Å²) in [6, 6.07) is 6.53. The molecule has 0 fully saturated rings. The molecule has 1 heterocycles. The monoisotopic (exact) mass is 422 g/mol. The summed E-state index contributed by atoms with van der Waals surface area (Å²) in [5, 5.41) is 0.352. The number of aryl methyl sites for hydroxylation is 2. The van der Waals surface area contributed by atoms with E-state index in [2.05, 4.69) is 9.71 Å². The Morgan fingerprint density at radius 1 is 1.21 bits per heavy atom. The molecule has 150 valence electrons. The summed E-state index contributed by atoms with van der Waals surface area (Å²) >= 11 is 6.06. The Bertz CT molecular complexity index is 1040. The third kappa shape index (κ3) is 3.95. The number of hydrogen-bond donors (Lipinski definition) is 1. The zero-order chi connectivity index (χ0) is 20.6. The van der Waals surface area contributed by atoms with Gasteiger partial charge >= 0.3 is 0 Å². The van der Waals surface area contributed by atoms with Crippen LogP contribution in [-0.4, -0.2) is 34.1 Å². The number of benzene rings is 2. The standard InChI is InChI=1S/C20H23ClN2O4S/c1-11-6-15(21)9-16(7-11)28(24,25)23-18-17(20-22-13(3)10-27-20)8-12(2)14(4)19(18)26-5/h6-9,13,23H,10H2,1-5H3/t13-/m0/s1. The van der Waals surface area contributed by atoms with E-state index in [1.807, 2.05) is 26.8 Å². The van der Waals surface area contributed by atoms with Gasteiger partial charge in [0.05, 0.1) is 23.6 Å². The van der Waals surface area contributed by atoms with Crippen LogP contribution in [0.15, 0.2) is 34.2 Å². The summed E-state index contributed by atoms with van der Waals surface area (Å²) in [5.41, 5.74) is 3.37. The van der Waals surface area contributed by atoms with Crippen LogP contribution in [0, 0.1) is 20.8 Å². The quantitative estimate of drug-likeness (QED) is 0.781. The Kier molecular flexibility index (Phi) is 5.59. The molecule has 6 nitrogen and oxygen atoms in total. The second-order valence-corrected chi connectivity index (χ2v) is 9.06. The van der Waals surface area contributed by atoms with Gasteiger partial charge < -0.3 is 9.47 Å². The minimum absolute atomic E-state index is 0.00245. The minimum Gasteiger partial charge on any atom is -0.494 e. The molecule has 0 saturated carbocycles. The van der Waals surface area contributed by atoms with E-state index >= 15 is 0 Å².